The third-order valence-corrected chi connectivity index (χ3v) is 3.47. The molecule has 0 bridgehead atoms. The molecule has 1 heterocycles. The summed E-state index contributed by atoms with van der Waals surface area (Å²) in [6.07, 6.45) is -4.46. The van der Waals surface area contributed by atoms with Crippen LogP contribution in [-0.2, 0) is 4.74 Å². The van der Waals surface area contributed by atoms with Crippen molar-refractivity contribution >= 4 is 11.8 Å². The number of carbonyl (C=O) groups is 1. The number of aliphatic hydroxyl groups is 1. The van der Waals surface area contributed by atoms with Crippen LogP contribution in [0.25, 0.3) is 0 Å². The molecule has 1 N–H and O–H groups in total. The lowest BCUT2D eigenvalue weighted by atomic mass is 9.80. The van der Waals surface area contributed by atoms with Gasteiger partial charge < -0.3 is 9.84 Å². The molecule has 19 heavy (non-hydrogen) atoms. The van der Waals surface area contributed by atoms with Crippen molar-refractivity contribution in [3.05, 3.63) is 0 Å². The average Bonchev–Trinajstić information content (AvgIpc) is 2.65. The van der Waals surface area contributed by atoms with Gasteiger partial charge in [0.15, 0.2) is 0 Å². The zero-order valence-corrected chi connectivity index (χ0v) is 10.4. The Hall–Kier alpha value is -1.31. The van der Waals surface area contributed by atoms with Crippen molar-refractivity contribution in [3.63, 3.8) is 0 Å². The molecule has 108 valence electrons. The Morgan fingerprint density at radius 3 is 2.84 bits per heavy atom. The quantitative estimate of drug-likeness (QED) is 0.801. The lowest BCUT2D eigenvalue weighted by molar-refractivity contribution is -0.315. The summed E-state index contributed by atoms with van der Waals surface area (Å²) in [4.78, 5) is 11.6. The summed E-state index contributed by atoms with van der Waals surface area (Å²) in [5, 5.41) is 13.8. The van der Waals surface area contributed by atoms with E-state index in [1.54, 1.807) is 0 Å². The van der Waals surface area contributed by atoms with Gasteiger partial charge >= 0.3 is 12.3 Å². The number of hydrazone groups is 1. The zero-order chi connectivity index (χ0) is 14.3. The smallest absolute Gasteiger partial charge is 0.439 e. The van der Waals surface area contributed by atoms with Gasteiger partial charge in [-0.25, -0.2) is 4.79 Å². The van der Waals surface area contributed by atoms with Crippen LogP contribution >= 0.6 is 0 Å². The molecular weight excluding hydrogens is 265 g/mol. The van der Waals surface area contributed by atoms with Gasteiger partial charge in [-0.05, 0) is 26.2 Å². The molecule has 0 aromatic rings. The van der Waals surface area contributed by atoms with Crippen LogP contribution in [0.5, 0.6) is 0 Å². The molecule has 0 saturated heterocycles. The highest BCUT2D eigenvalue weighted by molar-refractivity contribution is 5.92. The molecule has 0 spiro atoms. The maximum atomic E-state index is 13.2. The van der Waals surface area contributed by atoms with Crippen molar-refractivity contribution in [1.82, 2.24) is 5.01 Å². The Morgan fingerprint density at radius 2 is 2.26 bits per heavy atom. The third kappa shape index (κ3) is 2.07. The summed E-state index contributed by atoms with van der Waals surface area (Å²) in [7, 11) is 0. The summed E-state index contributed by atoms with van der Waals surface area (Å²) in [6, 6.07) is 0. The van der Waals surface area contributed by atoms with Gasteiger partial charge in [0, 0.05) is 5.71 Å². The summed E-state index contributed by atoms with van der Waals surface area (Å²) < 4.78 is 44.1. The Bertz CT molecular complexity index is 410. The monoisotopic (exact) mass is 280 g/mol. The number of hydrogen-bond acceptors (Lipinski definition) is 4. The number of rotatable bonds is 1. The fraction of sp³-hybridized carbons (Fsp3) is 0.818. The molecule has 1 saturated carbocycles. The Kier molecular flexibility index (Phi) is 3.46. The highest BCUT2D eigenvalue weighted by Gasteiger charge is 2.68. The van der Waals surface area contributed by atoms with E-state index >= 15 is 0 Å². The largest absolute Gasteiger partial charge is 0.448 e. The number of alkyl halides is 3. The van der Waals surface area contributed by atoms with Crippen LogP contribution in [0.2, 0.25) is 0 Å². The third-order valence-electron chi connectivity index (χ3n) is 3.47. The number of halogens is 3. The minimum absolute atomic E-state index is 0.0574. The summed E-state index contributed by atoms with van der Waals surface area (Å²) in [5.41, 5.74) is -3.06. The Balaban J connectivity index is 2.39. The van der Waals surface area contributed by atoms with Crippen molar-refractivity contribution in [2.45, 2.75) is 44.5 Å². The molecule has 0 radical (unpaired) electrons. The summed E-state index contributed by atoms with van der Waals surface area (Å²) in [6.45, 7) is 1.39. The molecule has 1 aliphatic carbocycles. The molecule has 1 fully saturated rings. The number of nitrogens with zero attached hydrogens (tertiary/aromatic N) is 2. The normalized spacial score (nSPS) is 30.9. The molecule has 2 atom stereocenters. The number of amides is 1. The van der Waals surface area contributed by atoms with Gasteiger partial charge in [0.05, 0.1) is 12.5 Å². The van der Waals surface area contributed by atoms with E-state index in [1.807, 2.05) is 0 Å². The number of fused-ring (bicyclic) bond motifs is 1. The second-order valence-electron chi connectivity index (χ2n) is 4.62. The van der Waals surface area contributed by atoms with Gasteiger partial charge in [0.1, 0.15) is 0 Å². The van der Waals surface area contributed by atoms with Crippen LogP contribution in [-0.4, -0.2) is 40.4 Å². The molecule has 0 aromatic heterocycles. The molecule has 2 rings (SSSR count). The van der Waals surface area contributed by atoms with E-state index in [0.29, 0.717) is 19.3 Å². The van der Waals surface area contributed by atoms with Crippen molar-refractivity contribution < 1.29 is 27.8 Å². The highest BCUT2D eigenvalue weighted by atomic mass is 19.4. The first-order valence-electron chi connectivity index (χ1n) is 6.15. The molecule has 1 amide bonds. The van der Waals surface area contributed by atoms with Gasteiger partial charge in [0.2, 0.25) is 0 Å². The van der Waals surface area contributed by atoms with Crippen molar-refractivity contribution in [2.24, 2.45) is 11.0 Å². The molecule has 8 heteroatoms. The van der Waals surface area contributed by atoms with E-state index in [4.69, 9.17) is 0 Å². The van der Waals surface area contributed by atoms with E-state index in [9.17, 15) is 23.1 Å². The van der Waals surface area contributed by atoms with Gasteiger partial charge in [-0.2, -0.15) is 23.3 Å². The molecule has 2 aliphatic rings. The zero-order valence-electron chi connectivity index (χ0n) is 10.4. The number of ether oxygens (including phenoxy) is 1. The first-order chi connectivity index (χ1) is 8.82. The van der Waals surface area contributed by atoms with Crippen LogP contribution in [0.4, 0.5) is 18.0 Å². The van der Waals surface area contributed by atoms with Crippen LogP contribution in [0.1, 0.15) is 32.6 Å². The topological polar surface area (TPSA) is 62.1 Å². The minimum Gasteiger partial charge on any atom is -0.448 e. The van der Waals surface area contributed by atoms with Crippen LogP contribution in [0.15, 0.2) is 5.10 Å². The summed E-state index contributed by atoms with van der Waals surface area (Å²) >= 11 is 0. The van der Waals surface area contributed by atoms with Gasteiger partial charge in [0.25, 0.3) is 5.72 Å². The highest BCUT2D eigenvalue weighted by Crippen LogP contribution is 2.48. The van der Waals surface area contributed by atoms with Crippen LogP contribution < -0.4 is 0 Å². The maximum Gasteiger partial charge on any atom is 0.439 e. The van der Waals surface area contributed by atoms with Crippen LogP contribution in [0, 0.1) is 5.92 Å². The summed E-state index contributed by atoms with van der Waals surface area (Å²) in [5.74, 6) is -1.19. The maximum absolute atomic E-state index is 13.2. The van der Waals surface area contributed by atoms with E-state index in [0.717, 1.165) is 0 Å². The fourth-order valence-corrected chi connectivity index (χ4v) is 2.58. The second-order valence-corrected chi connectivity index (χ2v) is 4.62. The van der Waals surface area contributed by atoms with Gasteiger partial charge in [-0.3, -0.25) is 0 Å². The minimum atomic E-state index is -4.98. The Labute approximate surface area is 108 Å². The van der Waals surface area contributed by atoms with E-state index < -0.39 is 23.9 Å². The van der Waals surface area contributed by atoms with Crippen molar-refractivity contribution in [2.75, 3.05) is 6.61 Å². The van der Waals surface area contributed by atoms with Gasteiger partial charge in [-0.15, -0.1) is 0 Å². The SMILES string of the molecule is CCOC(=O)N1N=C2CCCC[C@H]2[C@@]1(O)C(F)(F)F. The van der Waals surface area contributed by atoms with E-state index in [2.05, 4.69) is 9.84 Å². The molecule has 5 nitrogen and oxygen atoms in total. The average molecular weight is 280 g/mol. The molecule has 0 aromatic carbocycles. The van der Waals surface area contributed by atoms with Crippen LogP contribution in [0.3, 0.4) is 0 Å². The predicted molar refractivity (Wildman–Crippen MR) is 59.3 cm³/mol. The Morgan fingerprint density at radius 1 is 1.58 bits per heavy atom. The molecule has 0 unspecified atom stereocenters. The fourth-order valence-electron chi connectivity index (χ4n) is 2.58. The number of carbonyl (C=O) groups excluding carboxylic acids is 1. The van der Waals surface area contributed by atoms with E-state index in [1.165, 1.54) is 6.92 Å². The molecule has 1 aliphatic heterocycles. The van der Waals surface area contributed by atoms with Crippen molar-refractivity contribution in [1.29, 1.82) is 0 Å². The van der Waals surface area contributed by atoms with Crippen molar-refractivity contribution in [3.8, 4) is 0 Å². The standard InChI is InChI=1S/C11H15F3N2O3/c1-2-19-9(17)16-10(18,11(12,13)14)7-5-3-4-6-8(7)15-16/h7,18H,2-6H2,1H3/t7-,10-/m1/s1. The lowest BCUT2D eigenvalue weighted by Crippen LogP contribution is -2.61. The first kappa shape index (κ1) is 14.1. The van der Waals surface area contributed by atoms with Gasteiger partial charge in [-0.1, -0.05) is 6.42 Å². The predicted octanol–water partition coefficient (Wildman–Crippen LogP) is 2.26. The first-order valence-corrected chi connectivity index (χ1v) is 6.15. The van der Waals surface area contributed by atoms with E-state index in [-0.39, 0.29) is 23.7 Å². The molecular formula is C11H15F3N2O3. The lowest BCUT2D eigenvalue weighted by Gasteiger charge is -2.37. The second kappa shape index (κ2) is 4.66. The number of hydrogen-bond donors (Lipinski definition) is 1.